The topological polar surface area (TPSA) is 51.0 Å². The van der Waals surface area contributed by atoms with Crippen LogP contribution in [0.4, 0.5) is 0 Å². The Morgan fingerprint density at radius 1 is 1.12 bits per heavy atom. The quantitative estimate of drug-likeness (QED) is 0.825. The van der Waals surface area contributed by atoms with Gasteiger partial charge in [0.05, 0.1) is 0 Å². The Labute approximate surface area is 155 Å². The monoisotopic (exact) mass is 352 g/mol. The van der Waals surface area contributed by atoms with Crippen molar-refractivity contribution in [2.75, 3.05) is 13.1 Å². The Morgan fingerprint density at radius 3 is 2.58 bits per heavy atom. The van der Waals surface area contributed by atoms with Crippen molar-refractivity contribution in [1.29, 1.82) is 0 Å². The summed E-state index contributed by atoms with van der Waals surface area (Å²) in [6.07, 6.45) is 12.7. The van der Waals surface area contributed by atoms with Gasteiger partial charge in [-0.15, -0.1) is 0 Å². The first-order chi connectivity index (χ1) is 12.7. The van der Waals surface area contributed by atoms with Gasteiger partial charge in [-0.05, 0) is 37.8 Å². The second kappa shape index (κ2) is 7.60. The molecule has 0 unspecified atom stereocenters. The molecule has 0 atom stereocenters. The number of carbonyl (C=O) groups excluding carboxylic acids is 1. The molecule has 1 aliphatic heterocycles. The lowest BCUT2D eigenvalue weighted by molar-refractivity contribution is -0.139. The molecule has 138 valence electrons. The third-order valence-corrected chi connectivity index (χ3v) is 5.93. The molecule has 3 heterocycles. The number of nitrogens with zero attached hydrogens (tertiary/aromatic N) is 4. The van der Waals surface area contributed by atoms with E-state index in [-0.39, 0.29) is 0 Å². The zero-order valence-electron chi connectivity index (χ0n) is 15.6. The minimum Gasteiger partial charge on any atom is -0.342 e. The summed E-state index contributed by atoms with van der Waals surface area (Å²) in [5, 5.41) is 0. The Kier molecular flexibility index (Phi) is 5.05. The molecular formula is C21H28N4O. The van der Waals surface area contributed by atoms with Gasteiger partial charge in [0.25, 0.3) is 0 Å². The second-order valence-electron chi connectivity index (χ2n) is 7.94. The molecule has 1 amide bonds. The summed E-state index contributed by atoms with van der Waals surface area (Å²) in [7, 11) is 0. The largest absolute Gasteiger partial charge is 0.342 e. The van der Waals surface area contributed by atoms with E-state index >= 15 is 0 Å². The third kappa shape index (κ3) is 3.67. The van der Waals surface area contributed by atoms with Crippen LogP contribution < -0.4 is 0 Å². The molecule has 1 aliphatic carbocycles. The minimum absolute atomic E-state index is 0.366. The van der Waals surface area contributed by atoms with Crippen molar-refractivity contribution in [3.05, 3.63) is 36.4 Å². The highest BCUT2D eigenvalue weighted by atomic mass is 16.2. The fraction of sp³-hybridized carbons (Fsp3) is 0.571. The number of aryl methyl sites for hydroxylation is 1. The molecule has 0 N–H and O–H groups in total. The first-order valence-corrected chi connectivity index (χ1v) is 9.91. The van der Waals surface area contributed by atoms with Gasteiger partial charge < -0.3 is 9.47 Å². The van der Waals surface area contributed by atoms with E-state index in [0.29, 0.717) is 17.7 Å². The fourth-order valence-electron chi connectivity index (χ4n) is 4.34. The average Bonchev–Trinajstić information content (AvgIpc) is 2.99. The second-order valence-corrected chi connectivity index (χ2v) is 7.94. The summed E-state index contributed by atoms with van der Waals surface area (Å²) in [6.45, 7) is 4.80. The Balaban J connectivity index is 1.33. The van der Waals surface area contributed by atoms with Crippen molar-refractivity contribution >= 4 is 5.91 Å². The Morgan fingerprint density at radius 2 is 1.85 bits per heavy atom. The minimum atomic E-state index is 0.366. The van der Waals surface area contributed by atoms with Gasteiger partial charge >= 0.3 is 0 Å². The van der Waals surface area contributed by atoms with Gasteiger partial charge in [-0.2, -0.15) is 0 Å². The molecule has 2 aromatic rings. The lowest BCUT2D eigenvalue weighted by Crippen LogP contribution is -2.51. The molecule has 1 saturated heterocycles. The van der Waals surface area contributed by atoms with Gasteiger partial charge in [-0.1, -0.05) is 19.3 Å². The highest BCUT2D eigenvalue weighted by Crippen LogP contribution is 2.29. The molecule has 0 bridgehead atoms. The van der Waals surface area contributed by atoms with Gasteiger partial charge in [-0.25, -0.2) is 4.98 Å². The van der Waals surface area contributed by atoms with Gasteiger partial charge in [0, 0.05) is 61.8 Å². The van der Waals surface area contributed by atoms with Crippen molar-refractivity contribution in [2.24, 2.45) is 11.8 Å². The van der Waals surface area contributed by atoms with Crippen LogP contribution in [-0.2, 0) is 11.3 Å². The molecule has 5 nitrogen and oxygen atoms in total. The first-order valence-electron chi connectivity index (χ1n) is 9.91. The van der Waals surface area contributed by atoms with Crippen molar-refractivity contribution < 1.29 is 4.79 Å². The number of likely N-dealkylation sites (tertiary alicyclic amines) is 1. The third-order valence-electron chi connectivity index (χ3n) is 5.93. The van der Waals surface area contributed by atoms with E-state index in [2.05, 4.69) is 26.4 Å². The zero-order chi connectivity index (χ0) is 17.9. The molecule has 26 heavy (non-hydrogen) atoms. The summed E-state index contributed by atoms with van der Waals surface area (Å²) < 4.78 is 2.28. The van der Waals surface area contributed by atoms with Gasteiger partial charge in [0.1, 0.15) is 5.82 Å². The van der Waals surface area contributed by atoms with Crippen molar-refractivity contribution in [1.82, 2.24) is 19.4 Å². The van der Waals surface area contributed by atoms with Crippen LogP contribution >= 0.6 is 0 Å². The van der Waals surface area contributed by atoms with Gasteiger partial charge in [0.2, 0.25) is 5.91 Å². The molecule has 2 aromatic heterocycles. The van der Waals surface area contributed by atoms with Crippen LogP contribution in [0.2, 0.25) is 0 Å². The number of hydrogen-bond acceptors (Lipinski definition) is 3. The highest BCUT2D eigenvalue weighted by molar-refractivity contribution is 5.77. The van der Waals surface area contributed by atoms with E-state index in [1.807, 2.05) is 18.3 Å². The number of pyridine rings is 1. The average molecular weight is 352 g/mol. The summed E-state index contributed by atoms with van der Waals surface area (Å²) in [4.78, 5) is 23.2. The van der Waals surface area contributed by atoms with Crippen molar-refractivity contribution in [3.8, 4) is 11.4 Å². The predicted octanol–water partition coefficient (Wildman–Crippen LogP) is 3.68. The maximum atomic E-state index is 12.5. The molecule has 2 aliphatic rings. The van der Waals surface area contributed by atoms with E-state index < -0.39 is 0 Å². The molecule has 0 aromatic carbocycles. The summed E-state index contributed by atoms with van der Waals surface area (Å²) >= 11 is 0. The summed E-state index contributed by atoms with van der Waals surface area (Å²) in [5.41, 5.74) is 2.27. The van der Waals surface area contributed by atoms with E-state index in [1.54, 1.807) is 12.4 Å². The van der Waals surface area contributed by atoms with Gasteiger partial charge in [-0.3, -0.25) is 9.78 Å². The van der Waals surface area contributed by atoms with E-state index in [0.717, 1.165) is 37.4 Å². The lowest BCUT2D eigenvalue weighted by atomic mass is 9.86. The van der Waals surface area contributed by atoms with Crippen molar-refractivity contribution in [3.63, 3.8) is 0 Å². The summed E-state index contributed by atoms with van der Waals surface area (Å²) in [5.74, 6) is 2.52. The number of carbonyl (C=O) groups is 1. The van der Waals surface area contributed by atoms with E-state index in [1.165, 1.54) is 37.8 Å². The number of hydrogen-bond donors (Lipinski definition) is 0. The molecular weight excluding hydrogens is 324 g/mol. The smallest absolute Gasteiger partial charge is 0.222 e. The van der Waals surface area contributed by atoms with Crippen LogP contribution in [0.25, 0.3) is 11.4 Å². The SMILES string of the molecule is Cc1cnc(-c2ccncc2)n1CC1CN(C(=O)CC2CCCCC2)C1. The number of amides is 1. The predicted molar refractivity (Wildman–Crippen MR) is 101 cm³/mol. The lowest BCUT2D eigenvalue weighted by Gasteiger charge is -2.40. The van der Waals surface area contributed by atoms with Crippen molar-refractivity contribution in [2.45, 2.75) is 52.0 Å². The molecule has 0 spiro atoms. The zero-order valence-corrected chi connectivity index (χ0v) is 15.6. The first kappa shape index (κ1) is 17.3. The maximum Gasteiger partial charge on any atom is 0.222 e. The Bertz CT molecular complexity index is 743. The molecule has 4 rings (SSSR count). The molecule has 0 radical (unpaired) electrons. The fourth-order valence-corrected chi connectivity index (χ4v) is 4.34. The summed E-state index contributed by atoms with van der Waals surface area (Å²) in [6, 6.07) is 4.00. The molecule has 1 saturated carbocycles. The highest BCUT2D eigenvalue weighted by Gasteiger charge is 2.32. The molecule has 2 fully saturated rings. The number of rotatable bonds is 5. The van der Waals surface area contributed by atoms with Crippen LogP contribution in [0.5, 0.6) is 0 Å². The van der Waals surface area contributed by atoms with Crippen LogP contribution in [0.15, 0.2) is 30.7 Å². The van der Waals surface area contributed by atoms with Crippen LogP contribution in [0, 0.1) is 18.8 Å². The number of aromatic nitrogens is 3. The normalized spacial score (nSPS) is 18.7. The Hall–Kier alpha value is -2.17. The maximum absolute atomic E-state index is 12.5. The van der Waals surface area contributed by atoms with Crippen LogP contribution in [-0.4, -0.2) is 38.4 Å². The van der Waals surface area contributed by atoms with Gasteiger partial charge in [0.15, 0.2) is 0 Å². The van der Waals surface area contributed by atoms with E-state index in [9.17, 15) is 4.79 Å². The van der Waals surface area contributed by atoms with Crippen LogP contribution in [0.3, 0.4) is 0 Å². The van der Waals surface area contributed by atoms with E-state index in [4.69, 9.17) is 0 Å². The standard InChI is InChI=1S/C21H28N4O/c1-16-12-23-21(19-7-9-22-10-8-19)25(16)15-18-13-24(14-18)20(26)11-17-5-3-2-4-6-17/h7-10,12,17-18H,2-6,11,13-15H2,1H3. The van der Waals surface area contributed by atoms with Crippen LogP contribution in [0.1, 0.15) is 44.2 Å². The number of imidazole rings is 1. The molecule has 5 heteroatoms.